The molecule has 1 fully saturated rings. The summed E-state index contributed by atoms with van der Waals surface area (Å²) >= 11 is 8.01. The Bertz CT molecular complexity index is 1350. The number of carbonyl (C=O) groups is 1. The molecule has 0 N–H and O–H groups in total. The molecular formula is C24H21ClN4O2S. The molecule has 0 aliphatic carbocycles. The van der Waals surface area contributed by atoms with Crippen LogP contribution in [0.4, 0.5) is 0 Å². The van der Waals surface area contributed by atoms with Gasteiger partial charge in [0.25, 0.3) is 5.91 Å². The molecule has 6 nitrogen and oxygen atoms in total. The van der Waals surface area contributed by atoms with Crippen LogP contribution < -0.4 is 5.43 Å². The van der Waals surface area contributed by atoms with Crippen LogP contribution in [0, 0.1) is 6.92 Å². The molecule has 0 spiro atoms. The monoisotopic (exact) mass is 464 g/mol. The Kier molecular flexibility index (Phi) is 5.53. The third kappa shape index (κ3) is 3.82. The molecule has 5 rings (SSSR count). The van der Waals surface area contributed by atoms with E-state index in [4.69, 9.17) is 16.6 Å². The normalized spacial score (nSPS) is 16.4. The number of thiazole rings is 1. The van der Waals surface area contributed by atoms with Crippen LogP contribution in [0.15, 0.2) is 59.4 Å². The fourth-order valence-corrected chi connectivity index (χ4v) is 5.45. The van der Waals surface area contributed by atoms with Gasteiger partial charge in [0, 0.05) is 30.8 Å². The van der Waals surface area contributed by atoms with Crippen molar-refractivity contribution in [3.8, 4) is 5.69 Å². The van der Waals surface area contributed by atoms with Gasteiger partial charge in [0.1, 0.15) is 0 Å². The van der Waals surface area contributed by atoms with Crippen molar-refractivity contribution >= 4 is 39.1 Å². The minimum atomic E-state index is -0.377. The number of benzene rings is 2. The Labute approximate surface area is 194 Å². The molecule has 8 heteroatoms. The van der Waals surface area contributed by atoms with Crippen LogP contribution in [-0.2, 0) is 0 Å². The molecule has 2 aromatic heterocycles. The molecular weight excluding hydrogens is 444 g/mol. The minimum Gasteiger partial charge on any atom is -0.336 e. The zero-order valence-electron chi connectivity index (χ0n) is 17.5. The second-order valence-electron chi connectivity index (χ2n) is 7.97. The molecule has 1 aliphatic rings. The van der Waals surface area contributed by atoms with Crippen LogP contribution in [0.1, 0.15) is 39.9 Å². The molecule has 0 bridgehead atoms. The van der Waals surface area contributed by atoms with Gasteiger partial charge in [-0.15, -0.1) is 11.3 Å². The van der Waals surface area contributed by atoms with Gasteiger partial charge in [-0.3, -0.25) is 9.59 Å². The maximum absolute atomic E-state index is 13.3. The van der Waals surface area contributed by atoms with Gasteiger partial charge in [0.2, 0.25) is 5.43 Å². The van der Waals surface area contributed by atoms with Crippen molar-refractivity contribution in [3.63, 3.8) is 0 Å². The number of nitrogens with zero attached hydrogens (tertiary/aromatic N) is 4. The van der Waals surface area contributed by atoms with Gasteiger partial charge < -0.3 is 4.90 Å². The van der Waals surface area contributed by atoms with Crippen molar-refractivity contribution in [2.45, 2.75) is 25.7 Å². The van der Waals surface area contributed by atoms with Crippen LogP contribution in [-0.4, -0.2) is 38.7 Å². The molecule has 3 heterocycles. The quantitative estimate of drug-likeness (QED) is 0.435. The van der Waals surface area contributed by atoms with Crippen molar-refractivity contribution in [3.05, 3.63) is 86.2 Å². The average molecular weight is 465 g/mol. The number of piperidine rings is 1. The van der Waals surface area contributed by atoms with E-state index in [1.165, 1.54) is 6.07 Å². The maximum Gasteiger partial charge on any atom is 0.278 e. The smallest absolute Gasteiger partial charge is 0.278 e. The van der Waals surface area contributed by atoms with Crippen molar-refractivity contribution in [1.29, 1.82) is 0 Å². The number of amides is 1. The topological polar surface area (TPSA) is 68.1 Å². The predicted octanol–water partition coefficient (Wildman–Crippen LogP) is 4.82. The van der Waals surface area contributed by atoms with E-state index < -0.39 is 0 Å². The van der Waals surface area contributed by atoms with Gasteiger partial charge >= 0.3 is 0 Å². The van der Waals surface area contributed by atoms with E-state index in [2.05, 4.69) is 11.2 Å². The van der Waals surface area contributed by atoms with Gasteiger partial charge in [-0.2, -0.15) is 5.10 Å². The standard InChI is InChI=1S/C24H21ClN4O2S/c1-15-13-20(30)22(27-29(15)19-10-4-2-8-17(19)25)24(31)28-12-6-7-16(14-28)23-26-18-9-3-5-11-21(18)32-23/h2-5,8-11,13,16H,6-7,12,14H2,1H3. The van der Waals surface area contributed by atoms with Crippen LogP contribution in [0.3, 0.4) is 0 Å². The fourth-order valence-electron chi connectivity index (χ4n) is 4.14. The lowest BCUT2D eigenvalue weighted by Crippen LogP contribution is -2.42. The van der Waals surface area contributed by atoms with Crippen molar-refractivity contribution in [2.24, 2.45) is 0 Å². The van der Waals surface area contributed by atoms with Crippen LogP contribution in [0.5, 0.6) is 0 Å². The second kappa shape index (κ2) is 8.48. The average Bonchev–Trinajstić information content (AvgIpc) is 3.24. The molecule has 1 atom stereocenters. The number of likely N-dealkylation sites (tertiary alicyclic amines) is 1. The van der Waals surface area contributed by atoms with E-state index in [0.29, 0.717) is 29.5 Å². The number of hydrogen-bond acceptors (Lipinski definition) is 5. The molecule has 1 saturated heterocycles. The number of aryl methyl sites for hydroxylation is 1. The SMILES string of the molecule is Cc1cc(=O)c(C(=O)N2CCCC(c3nc4ccccc4s3)C2)nn1-c1ccccc1Cl. The van der Waals surface area contributed by atoms with Crippen molar-refractivity contribution in [2.75, 3.05) is 13.1 Å². The molecule has 1 unspecified atom stereocenters. The first-order valence-corrected chi connectivity index (χ1v) is 11.7. The molecule has 1 amide bonds. The van der Waals surface area contributed by atoms with Gasteiger partial charge in [-0.25, -0.2) is 9.67 Å². The number of hydrogen-bond donors (Lipinski definition) is 0. The van der Waals surface area contributed by atoms with Gasteiger partial charge in [0.15, 0.2) is 5.69 Å². The minimum absolute atomic E-state index is 0.0829. The van der Waals surface area contributed by atoms with E-state index >= 15 is 0 Å². The first-order chi connectivity index (χ1) is 15.5. The van der Waals surface area contributed by atoms with Crippen LogP contribution >= 0.6 is 22.9 Å². The Morgan fingerprint density at radius 1 is 1.16 bits per heavy atom. The largest absolute Gasteiger partial charge is 0.336 e. The Morgan fingerprint density at radius 3 is 2.75 bits per heavy atom. The summed E-state index contributed by atoms with van der Waals surface area (Å²) in [5, 5.41) is 5.96. The lowest BCUT2D eigenvalue weighted by atomic mass is 9.98. The first kappa shape index (κ1) is 20.8. The molecule has 2 aromatic carbocycles. The first-order valence-electron chi connectivity index (χ1n) is 10.5. The zero-order valence-corrected chi connectivity index (χ0v) is 19.1. The summed E-state index contributed by atoms with van der Waals surface area (Å²) in [5.41, 5.74) is 1.77. The number of fused-ring (bicyclic) bond motifs is 1. The van der Waals surface area contributed by atoms with Crippen LogP contribution in [0.2, 0.25) is 5.02 Å². The Hall–Kier alpha value is -3.03. The van der Waals surface area contributed by atoms with Gasteiger partial charge in [0.05, 0.1) is 25.9 Å². The number of para-hydroxylation sites is 2. The van der Waals surface area contributed by atoms with E-state index in [1.54, 1.807) is 33.9 Å². The lowest BCUT2D eigenvalue weighted by Gasteiger charge is -2.31. The third-order valence-corrected chi connectivity index (χ3v) is 7.28. The van der Waals surface area contributed by atoms with Crippen LogP contribution in [0.25, 0.3) is 15.9 Å². The third-order valence-electron chi connectivity index (χ3n) is 5.76. The second-order valence-corrected chi connectivity index (χ2v) is 9.44. The Morgan fingerprint density at radius 2 is 1.94 bits per heavy atom. The lowest BCUT2D eigenvalue weighted by molar-refractivity contribution is 0.0697. The summed E-state index contributed by atoms with van der Waals surface area (Å²) in [6, 6.07) is 16.7. The Balaban J connectivity index is 1.45. The molecule has 162 valence electrons. The van der Waals surface area contributed by atoms with Gasteiger partial charge in [-0.05, 0) is 44.0 Å². The van der Waals surface area contributed by atoms with E-state index in [1.807, 2.05) is 36.4 Å². The zero-order chi connectivity index (χ0) is 22.2. The summed E-state index contributed by atoms with van der Waals surface area (Å²) < 4.78 is 2.71. The fraction of sp³-hybridized carbons (Fsp3) is 0.250. The van der Waals surface area contributed by atoms with E-state index in [9.17, 15) is 9.59 Å². The van der Waals surface area contributed by atoms with Gasteiger partial charge in [-0.1, -0.05) is 35.9 Å². The highest BCUT2D eigenvalue weighted by atomic mass is 35.5. The summed E-state index contributed by atoms with van der Waals surface area (Å²) in [5.74, 6) is -0.192. The molecule has 0 saturated carbocycles. The summed E-state index contributed by atoms with van der Waals surface area (Å²) in [6.45, 7) is 2.90. The predicted molar refractivity (Wildman–Crippen MR) is 127 cm³/mol. The highest BCUT2D eigenvalue weighted by molar-refractivity contribution is 7.18. The highest BCUT2D eigenvalue weighted by Gasteiger charge is 2.29. The highest BCUT2D eigenvalue weighted by Crippen LogP contribution is 2.33. The molecule has 4 aromatic rings. The number of aromatic nitrogens is 3. The number of rotatable bonds is 3. The summed E-state index contributed by atoms with van der Waals surface area (Å²) in [4.78, 5) is 32.6. The van der Waals surface area contributed by atoms with E-state index in [-0.39, 0.29) is 22.9 Å². The molecule has 1 aliphatic heterocycles. The van der Waals surface area contributed by atoms with E-state index in [0.717, 1.165) is 28.1 Å². The number of halogens is 1. The van der Waals surface area contributed by atoms with Crippen molar-refractivity contribution < 1.29 is 4.79 Å². The molecule has 0 radical (unpaired) electrons. The molecule has 32 heavy (non-hydrogen) atoms. The maximum atomic E-state index is 13.3. The summed E-state index contributed by atoms with van der Waals surface area (Å²) in [6.07, 6.45) is 1.83. The van der Waals surface area contributed by atoms with Crippen molar-refractivity contribution in [1.82, 2.24) is 19.7 Å². The summed E-state index contributed by atoms with van der Waals surface area (Å²) in [7, 11) is 0. The number of carbonyl (C=O) groups excluding carboxylic acids is 1.